The van der Waals surface area contributed by atoms with Gasteiger partial charge in [-0.3, -0.25) is 4.79 Å². The Morgan fingerprint density at radius 1 is 1.21 bits per heavy atom. The van der Waals surface area contributed by atoms with Gasteiger partial charge in [0.1, 0.15) is 5.82 Å². The molecule has 13 heteroatoms. The first kappa shape index (κ1) is 20.5. The summed E-state index contributed by atoms with van der Waals surface area (Å²) in [5, 5.41) is 3.17. The molecule has 3 aromatic rings. The normalized spacial score (nSPS) is 13.7. The molecule has 0 bridgehead atoms. The van der Waals surface area contributed by atoms with E-state index < -0.39 is 45.2 Å². The third kappa shape index (κ3) is 4.99. The zero-order chi connectivity index (χ0) is 21.2. The van der Waals surface area contributed by atoms with E-state index in [4.69, 9.17) is 0 Å². The van der Waals surface area contributed by atoms with Gasteiger partial charge in [-0.25, -0.2) is 18.6 Å². The van der Waals surface area contributed by atoms with Crippen LogP contribution in [0.1, 0.15) is 22.1 Å². The fraction of sp³-hybridized carbons (Fsp3) is 0.188. The van der Waals surface area contributed by atoms with Gasteiger partial charge in [-0.2, -0.15) is 22.5 Å². The van der Waals surface area contributed by atoms with Crippen molar-refractivity contribution in [1.82, 2.24) is 20.1 Å². The molecule has 152 valence electrons. The van der Waals surface area contributed by atoms with Crippen LogP contribution in [0.25, 0.3) is 11.4 Å². The predicted octanol–water partition coefficient (Wildman–Crippen LogP) is 3.12. The van der Waals surface area contributed by atoms with Crippen LogP contribution in [-0.2, 0) is 21.7 Å². The van der Waals surface area contributed by atoms with Crippen molar-refractivity contribution < 1.29 is 31.1 Å². The average Bonchev–Trinajstić information content (AvgIpc) is 3.14. The van der Waals surface area contributed by atoms with E-state index in [9.17, 15) is 26.6 Å². The molecule has 0 radical (unpaired) electrons. The van der Waals surface area contributed by atoms with Crippen LogP contribution >= 0.6 is 0 Å². The molecule has 0 saturated heterocycles. The molecule has 0 aliphatic carbocycles. The maximum Gasteiger partial charge on any atom is 0.471 e. The summed E-state index contributed by atoms with van der Waals surface area (Å²) < 4.78 is 71.3. The number of benzene rings is 1. The number of amides is 1. The van der Waals surface area contributed by atoms with E-state index in [2.05, 4.69) is 29.0 Å². The number of carbonyl (C=O) groups excluding carboxylic acids is 1. The molecule has 0 aliphatic heterocycles. The van der Waals surface area contributed by atoms with Crippen molar-refractivity contribution in [3.05, 3.63) is 59.8 Å². The minimum atomic E-state index is -4.81. The van der Waals surface area contributed by atoms with E-state index in [1.165, 1.54) is 24.5 Å². The van der Waals surface area contributed by atoms with Crippen molar-refractivity contribution in [3.63, 3.8) is 0 Å². The van der Waals surface area contributed by atoms with E-state index in [1.54, 1.807) is 6.07 Å². The molecule has 8 nitrogen and oxygen atoms in total. The number of rotatable bonds is 4. The van der Waals surface area contributed by atoms with Crippen molar-refractivity contribution in [2.24, 2.45) is 4.36 Å². The fourth-order valence-electron chi connectivity index (χ4n) is 2.16. The molecule has 3 rings (SSSR count). The molecule has 2 aromatic heterocycles. The van der Waals surface area contributed by atoms with Gasteiger partial charge in [-0.15, -0.1) is 0 Å². The maximum absolute atomic E-state index is 13.7. The zero-order valence-corrected chi connectivity index (χ0v) is 15.4. The lowest BCUT2D eigenvalue weighted by molar-refractivity contribution is -0.159. The number of carbonyl (C=O) groups is 1. The summed E-state index contributed by atoms with van der Waals surface area (Å²) in [5.41, 5.74) is 0.0924. The number of hydrogen-bond donors (Lipinski definition) is 0. The van der Waals surface area contributed by atoms with Crippen LogP contribution in [0.15, 0.2) is 45.5 Å². The van der Waals surface area contributed by atoms with Crippen molar-refractivity contribution in [2.45, 2.75) is 11.9 Å². The summed E-state index contributed by atoms with van der Waals surface area (Å²) in [6, 6.07) is 5.63. The number of aromatic nitrogens is 4. The molecule has 0 saturated carbocycles. The Morgan fingerprint density at radius 3 is 2.45 bits per heavy atom. The Labute approximate surface area is 161 Å². The van der Waals surface area contributed by atoms with Gasteiger partial charge in [0.25, 0.3) is 0 Å². The first-order chi connectivity index (χ1) is 13.5. The van der Waals surface area contributed by atoms with Gasteiger partial charge in [-0.1, -0.05) is 23.4 Å². The molecule has 2 heterocycles. The standard InChI is InChI=1S/C16H11F4N5O3S/c1-29(27,8-9-4-2-3-5-11(9)17)25-14(26)13-21-6-10(7-22-13)12-23-15(28-24-12)16(18,19)20/h2-7H,8H2,1H3. The molecule has 1 amide bonds. The summed E-state index contributed by atoms with van der Waals surface area (Å²) in [6.45, 7) is 0. The van der Waals surface area contributed by atoms with Gasteiger partial charge >= 0.3 is 18.0 Å². The van der Waals surface area contributed by atoms with Crippen molar-refractivity contribution in [1.29, 1.82) is 0 Å². The first-order valence-corrected chi connectivity index (χ1v) is 9.85. The number of alkyl halides is 3. The van der Waals surface area contributed by atoms with Crippen molar-refractivity contribution in [3.8, 4) is 11.4 Å². The highest BCUT2D eigenvalue weighted by molar-refractivity contribution is 7.92. The molecule has 0 spiro atoms. The highest BCUT2D eigenvalue weighted by Gasteiger charge is 2.38. The largest absolute Gasteiger partial charge is 0.471 e. The molecule has 0 fully saturated rings. The fourth-order valence-corrected chi connectivity index (χ4v) is 3.47. The van der Waals surface area contributed by atoms with Crippen LogP contribution in [0.5, 0.6) is 0 Å². The first-order valence-electron chi connectivity index (χ1n) is 7.76. The summed E-state index contributed by atoms with van der Waals surface area (Å²) >= 11 is 0. The van der Waals surface area contributed by atoms with Gasteiger partial charge in [0, 0.05) is 24.2 Å². The van der Waals surface area contributed by atoms with Crippen molar-refractivity contribution in [2.75, 3.05) is 6.26 Å². The van der Waals surface area contributed by atoms with E-state index in [0.29, 0.717) is 0 Å². The minimum Gasteiger partial charge on any atom is -0.329 e. The lowest BCUT2D eigenvalue weighted by Crippen LogP contribution is -2.09. The summed E-state index contributed by atoms with van der Waals surface area (Å²) in [7, 11) is -3.14. The third-order valence-corrected chi connectivity index (χ3v) is 4.83. The summed E-state index contributed by atoms with van der Waals surface area (Å²) in [5.74, 6) is -4.31. The lowest BCUT2D eigenvalue weighted by atomic mass is 10.2. The Kier molecular flexibility index (Phi) is 5.42. The lowest BCUT2D eigenvalue weighted by Gasteiger charge is -2.05. The van der Waals surface area contributed by atoms with Crippen molar-refractivity contribution >= 4 is 15.6 Å². The van der Waals surface area contributed by atoms with Gasteiger partial charge in [-0.05, 0) is 6.07 Å². The Morgan fingerprint density at radius 2 is 1.86 bits per heavy atom. The SMILES string of the molecule is CS(=O)(Cc1ccccc1F)=NC(=O)c1ncc(-c2noc(C(F)(F)F)n2)cn1. The van der Waals surface area contributed by atoms with Crippen LogP contribution < -0.4 is 0 Å². The second kappa shape index (κ2) is 7.66. The topological polar surface area (TPSA) is 111 Å². The molecular weight excluding hydrogens is 418 g/mol. The molecular formula is C16H11F4N5O3S. The predicted molar refractivity (Wildman–Crippen MR) is 91.3 cm³/mol. The molecule has 1 unspecified atom stereocenters. The zero-order valence-electron chi connectivity index (χ0n) is 14.6. The molecule has 1 aromatic carbocycles. The molecule has 1 atom stereocenters. The molecule has 29 heavy (non-hydrogen) atoms. The van der Waals surface area contributed by atoms with E-state index in [-0.39, 0.29) is 16.9 Å². The number of nitrogens with zero attached hydrogens (tertiary/aromatic N) is 5. The second-order valence-corrected chi connectivity index (χ2v) is 8.20. The Balaban J connectivity index is 1.79. The number of hydrogen-bond acceptors (Lipinski definition) is 7. The van der Waals surface area contributed by atoms with Crippen LogP contribution in [-0.4, -0.2) is 36.5 Å². The van der Waals surface area contributed by atoms with Crippen LogP contribution in [0.3, 0.4) is 0 Å². The smallest absolute Gasteiger partial charge is 0.329 e. The molecule has 0 N–H and O–H groups in total. The summed E-state index contributed by atoms with van der Waals surface area (Å²) in [6.07, 6.45) is -1.63. The van der Waals surface area contributed by atoms with Gasteiger partial charge in [0.05, 0.1) is 21.0 Å². The maximum atomic E-state index is 13.7. The van der Waals surface area contributed by atoms with Gasteiger partial charge in [0.2, 0.25) is 11.6 Å². The Hall–Kier alpha value is -3.22. The highest BCUT2D eigenvalue weighted by Crippen LogP contribution is 2.29. The van der Waals surface area contributed by atoms with E-state index in [1.807, 2.05) is 0 Å². The second-order valence-electron chi connectivity index (χ2n) is 5.81. The number of halogens is 4. The minimum absolute atomic E-state index is 0.0376. The van der Waals surface area contributed by atoms with Gasteiger partial charge < -0.3 is 4.52 Å². The Bertz CT molecular complexity index is 1170. The van der Waals surface area contributed by atoms with Crippen LogP contribution in [0.4, 0.5) is 17.6 Å². The van der Waals surface area contributed by atoms with Crippen LogP contribution in [0, 0.1) is 5.82 Å². The summed E-state index contributed by atoms with van der Waals surface area (Å²) in [4.78, 5) is 22.7. The quantitative estimate of drug-likeness (QED) is 0.586. The van der Waals surface area contributed by atoms with Gasteiger partial charge in [0.15, 0.2) is 0 Å². The average molecular weight is 429 g/mol. The molecule has 0 aliphatic rings. The van der Waals surface area contributed by atoms with Crippen LogP contribution in [0.2, 0.25) is 0 Å². The van der Waals surface area contributed by atoms with E-state index >= 15 is 0 Å². The highest BCUT2D eigenvalue weighted by atomic mass is 32.2. The monoisotopic (exact) mass is 429 g/mol. The third-order valence-electron chi connectivity index (χ3n) is 3.43. The van der Waals surface area contributed by atoms with E-state index in [0.717, 1.165) is 12.4 Å².